The highest BCUT2D eigenvalue weighted by atomic mass is 16.3. The molecule has 1 heterocycles. The Labute approximate surface area is 68.8 Å². The Morgan fingerprint density at radius 2 is 2.25 bits per heavy atom. The topological polar surface area (TPSA) is 57.2 Å². The summed E-state index contributed by atoms with van der Waals surface area (Å²) in [6, 6.07) is 5.01. The van der Waals surface area contributed by atoms with Crippen LogP contribution in [0.1, 0.15) is 5.56 Å². The van der Waals surface area contributed by atoms with E-state index in [1.54, 1.807) is 18.4 Å². The molecule has 0 spiro atoms. The van der Waals surface area contributed by atoms with Gasteiger partial charge in [0, 0.05) is 23.2 Å². The van der Waals surface area contributed by atoms with Gasteiger partial charge in [0.1, 0.15) is 11.3 Å². The fourth-order valence-corrected chi connectivity index (χ4v) is 1.13. The number of furan rings is 1. The van der Waals surface area contributed by atoms with E-state index in [0.29, 0.717) is 11.1 Å². The van der Waals surface area contributed by atoms with Gasteiger partial charge >= 0.3 is 0 Å². The van der Waals surface area contributed by atoms with Crippen molar-refractivity contribution >= 4 is 17.2 Å². The molecule has 2 N–H and O–H groups in total. The number of phenolic OH excluding ortho intramolecular Hbond substituents is 1. The summed E-state index contributed by atoms with van der Waals surface area (Å²) in [6.45, 7) is 0. The van der Waals surface area contributed by atoms with Gasteiger partial charge in [0.15, 0.2) is 0 Å². The Morgan fingerprint density at radius 3 is 3.00 bits per heavy atom. The van der Waals surface area contributed by atoms with E-state index >= 15 is 0 Å². The van der Waals surface area contributed by atoms with E-state index in [1.807, 2.05) is 0 Å². The van der Waals surface area contributed by atoms with Crippen molar-refractivity contribution in [1.82, 2.24) is 0 Å². The van der Waals surface area contributed by atoms with Crippen LogP contribution < -0.4 is 0 Å². The Morgan fingerprint density at radius 1 is 1.42 bits per heavy atom. The van der Waals surface area contributed by atoms with Crippen LogP contribution in [-0.2, 0) is 0 Å². The molecule has 2 aromatic rings. The van der Waals surface area contributed by atoms with Gasteiger partial charge in [-0.2, -0.15) is 0 Å². The highest BCUT2D eigenvalue weighted by molar-refractivity contribution is 5.90. The van der Waals surface area contributed by atoms with Crippen LogP contribution in [0.4, 0.5) is 0 Å². The summed E-state index contributed by atoms with van der Waals surface area (Å²) in [4.78, 5) is 0. The van der Waals surface area contributed by atoms with Crippen LogP contribution in [0.5, 0.6) is 5.75 Å². The van der Waals surface area contributed by atoms with Crippen LogP contribution in [0, 0.1) is 5.41 Å². The molecule has 0 fully saturated rings. The van der Waals surface area contributed by atoms with Gasteiger partial charge < -0.3 is 14.9 Å². The molecule has 0 bridgehead atoms. The lowest BCUT2D eigenvalue weighted by atomic mass is 10.1. The molecule has 12 heavy (non-hydrogen) atoms. The third-order valence-corrected chi connectivity index (χ3v) is 1.76. The molecule has 3 nitrogen and oxygen atoms in total. The number of rotatable bonds is 1. The lowest BCUT2D eigenvalue weighted by molar-refractivity contribution is 0.473. The zero-order chi connectivity index (χ0) is 8.55. The second-order valence-corrected chi connectivity index (χ2v) is 2.51. The largest absolute Gasteiger partial charge is 0.507 e. The Kier molecular flexibility index (Phi) is 1.37. The first-order valence-electron chi connectivity index (χ1n) is 3.52. The minimum Gasteiger partial charge on any atom is -0.507 e. The fourth-order valence-electron chi connectivity index (χ4n) is 1.13. The van der Waals surface area contributed by atoms with Crippen molar-refractivity contribution in [3.63, 3.8) is 0 Å². The van der Waals surface area contributed by atoms with Crippen molar-refractivity contribution in [2.45, 2.75) is 0 Å². The molecule has 0 unspecified atom stereocenters. The monoisotopic (exact) mass is 161 g/mol. The molecule has 1 aromatic heterocycles. The molecule has 0 saturated carbocycles. The average Bonchev–Trinajstić information content (AvgIpc) is 2.49. The molecule has 0 aliphatic rings. The van der Waals surface area contributed by atoms with Crippen LogP contribution >= 0.6 is 0 Å². The molecule has 0 aliphatic carbocycles. The minimum absolute atomic E-state index is 0.0763. The first kappa shape index (κ1) is 6.91. The fraction of sp³-hybridized carbons (Fsp3) is 0. The zero-order valence-corrected chi connectivity index (χ0v) is 6.24. The third-order valence-electron chi connectivity index (χ3n) is 1.76. The highest BCUT2D eigenvalue weighted by Gasteiger charge is 2.02. The van der Waals surface area contributed by atoms with Gasteiger partial charge in [-0.25, -0.2) is 0 Å². The first-order chi connectivity index (χ1) is 5.81. The van der Waals surface area contributed by atoms with Crippen LogP contribution in [0.25, 0.3) is 11.0 Å². The van der Waals surface area contributed by atoms with E-state index in [1.165, 1.54) is 6.07 Å². The quantitative estimate of drug-likeness (QED) is 0.629. The third kappa shape index (κ3) is 0.871. The summed E-state index contributed by atoms with van der Waals surface area (Å²) in [6.07, 6.45) is 2.67. The van der Waals surface area contributed by atoms with Crippen molar-refractivity contribution in [2.75, 3.05) is 0 Å². The predicted octanol–water partition coefficient (Wildman–Crippen LogP) is 2.14. The van der Waals surface area contributed by atoms with Crippen molar-refractivity contribution < 1.29 is 9.52 Å². The SMILES string of the molecule is N=Cc1cc2ccoc2cc1O. The minimum atomic E-state index is 0.0763. The normalized spacial score (nSPS) is 10.3. The summed E-state index contributed by atoms with van der Waals surface area (Å²) in [5.74, 6) is 0.0763. The highest BCUT2D eigenvalue weighted by Crippen LogP contribution is 2.24. The smallest absolute Gasteiger partial charge is 0.137 e. The van der Waals surface area contributed by atoms with Gasteiger partial charge in [0.25, 0.3) is 0 Å². The molecular formula is C9H7NO2. The van der Waals surface area contributed by atoms with Gasteiger partial charge in [0.2, 0.25) is 0 Å². The number of hydrogen-bond donors (Lipinski definition) is 2. The second-order valence-electron chi connectivity index (χ2n) is 2.51. The van der Waals surface area contributed by atoms with Gasteiger partial charge in [0.05, 0.1) is 6.26 Å². The van der Waals surface area contributed by atoms with E-state index < -0.39 is 0 Å². The van der Waals surface area contributed by atoms with Gasteiger partial charge in [-0.05, 0) is 12.1 Å². The summed E-state index contributed by atoms with van der Waals surface area (Å²) in [5, 5.41) is 17.2. The number of aromatic hydroxyl groups is 1. The van der Waals surface area contributed by atoms with Crippen molar-refractivity contribution in [2.24, 2.45) is 0 Å². The van der Waals surface area contributed by atoms with Gasteiger partial charge in [-0.15, -0.1) is 0 Å². The van der Waals surface area contributed by atoms with Crippen molar-refractivity contribution in [3.05, 3.63) is 30.0 Å². The molecule has 1 aromatic carbocycles. The molecule has 0 amide bonds. The molecule has 0 aliphatic heterocycles. The maximum absolute atomic E-state index is 9.32. The number of benzene rings is 1. The first-order valence-corrected chi connectivity index (χ1v) is 3.52. The Balaban J connectivity index is 2.81. The van der Waals surface area contributed by atoms with Crippen molar-refractivity contribution in [1.29, 1.82) is 5.41 Å². The van der Waals surface area contributed by atoms with Crippen LogP contribution in [-0.4, -0.2) is 11.3 Å². The summed E-state index contributed by atoms with van der Waals surface area (Å²) in [5.41, 5.74) is 1.14. The Hall–Kier alpha value is -1.77. The van der Waals surface area contributed by atoms with E-state index in [9.17, 15) is 5.11 Å². The lowest BCUT2D eigenvalue weighted by Crippen LogP contribution is -1.79. The van der Waals surface area contributed by atoms with Gasteiger partial charge in [-0.3, -0.25) is 0 Å². The summed E-state index contributed by atoms with van der Waals surface area (Å²) in [7, 11) is 0. The van der Waals surface area contributed by atoms with Crippen LogP contribution in [0.2, 0.25) is 0 Å². The molecule has 2 rings (SSSR count). The van der Waals surface area contributed by atoms with E-state index in [0.717, 1.165) is 11.6 Å². The lowest BCUT2D eigenvalue weighted by Gasteiger charge is -1.96. The molecule has 0 saturated heterocycles. The average molecular weight is 161 g/mol. The van der Waals surface area contributed by atoms with Gasteiger partial charge in [-0.1, -0.05) is 0 Å². The maximum Gasteiger partial charge on any atom is 0.137 e. The molecule has 0 radical (unpaired) electrons. The number of phenols is 1. The number of fused-ring (bicyclic) bond motifs is 1. The number of hydrogen-bond acceptors (Lipinski definition) is 3. The number of nitrogens with one attached hydrogen (secondary N) is 1. The summed E-state index contributed by atoms with van der Waals surface area (Å²) < 4.78 is 5.06. The van der Waals surface area contributed by atoms with E-state index in [-0.39, 0.29) is 5.75 Å². The molecule has 60 valence electrons. The van der Waals surface area contributed by atoms with Crippen molar-refractivity contribution in [3.8, 4) is 5.75 Å². The standard InChI is InChI=1S/C9H7NO2/c10-5-7-3-6-1-2-12-9(6)4-8(7)11/h1-5,10-11H. The predicted molar refractivity (Wildman–Crippen MR) is 45.8 cm³/mol. The van der Waals surface area contributed by atoms with E-state index in [4.69, 9.17) is 9.83 Å². The Bertz CT molecular complexity index is 431. The second kappa shape index (κ2) is 2.37. The molecule has 0 atom stereocenters. The van der Waals surface area contributed by atoms with Crippen LogP contribution in [0.3, 0.4) is 0 Å². The van der Waals surface area contributed by atoms with Crippen LogP contribution in [0.15, 0.2) is 28.9 Å². The molecular weight excluding hydrogens is 154 g/mol. The van der Waals surface area contributed by atoms with E-state index in [2.05, 4.69) is 0 Å². The maximum atomic E-state index is 9.32. The zero-order valence-electron chi connectivity index (χ0n) is 6.24. The molecule has 3 heteroatoms. The summed E-state index contributed by atoms with van der Waals surface area (Å²) >= 11 is 0.